The monoisotopic (exact) mass is 264 g/mol. The van der Waals surface area contributed by atoms with E-state index in [9.17, 15) is 9.59 Å². The van der Waals surface area contributed by atoms with Crippen LogP contribution in [0.15, 0.2) is 18.2 Å². The van der Waals surface area contributed by atoms with Gasteiger partial charge in [-0.05, 0) is 18.6 Å². The molecule has 0 aliphatic carbocycles. The summed E-state index contributed by atoms with van der Waals surface area (Å²) in [5.41, 5.74) is 6.95. The third kappa shape index (κ3) is 2.96. The molecule has 0 radical (unpaired) electrons. The summed E-state index contributed by atoms with van der Waals surface area (Å²) in [6, 6.07) is 5.16. The molecule has 2 rings (SSSR count). The van der Waals surface area contributed by atoms with Gasteiger partial charge in [-0.25, -0.2) is 0 Å². The molecule has 102 valence electrons. The van der Waals surface area contributed by atoms with Gasteiger partial charge in [-0.2, -0.15) is 0 Å². The minimum Gasteiger partial charge on any atom is -0.481 e. The Morgan fingerprint density at radius 3 is 3.05 bits per heavy atom. The van der Waals surface area contributed by atoms with Crippen LogP contribution < -0.4 is 15.4 Å². The van der Waals surface area contributed by atoms with Crippen molar-refractivity contribution in [1.82, 2.24) is 0 Å². The Morgan fingerprint density at radius 1 is 1.53 bits per heavy atom. The number of rotatable bonds is 4. The molecule has 0 atom stereocenters. The number of hydrogen-bond acceptors (Lipinski definition) is 5. The lowest BCUT2D eigenvalue weighted by atomic mass is 10.2. The third-order valence-electron chi connectivity index (χ3n) is 2.92. The maximum Gasteiger partial charge on any atom is 0.305 e. The van der Waals surface area contributed by atoms with Gasteiger partial charge in [0.2, 0.25) is 0 Å². The van der Waals surface area contributed by atoms with Crippen LogP contribution in [0.3, 0.4) is 0 Å². The molecular weight excluding hydrogens is 248 g/mol. The molecule has 2 N–H and O–H groups in total. The summed E-state index contributed by atoms with van der Waals surface area (Å²) < 4.78 is 9.90. The zero-order chi connectivity index (χ0) is 13.8. The van der Waals surface area contributed by atoms with Crippen LogP contribution in [0, 0.1) is 0 Å². The van der Waals surface area contributed by atoms with Gasteiger partial charge in [0.25, 0.3) is 5.91 Å². The number of hydrogen-bond donors (Lipinski definition) is 1. The summed E-state index contributed by atoms with van der Waals surface area (Å²) in [6.45, 7) is 0.447. The number of methoxy groups -OCH3 is 1. The van der Waals surface area contributed by atoms with Gasteiger partial charge in [-0.15, -0.1) is 0 Å². The standard InChI is InChI=1S/C13H16N2O4/c1-18-13(17)3-2-6-15-10-5-4-9(14)7-11(10)19-8-12(15)16/h4-5,7H,2-3,6,8,14H2,1H3. The minimum absolute atomic E-state index is 0.00528. The quantitative estimate of drug-likeness (QED) is 0.646. The normalized spacial score (nSPS) is 13.7. The van der Waals surface area contributed by atoms with Gasteiger partial charge in [0.1, 0.15) is 5.75 Å². The Morgan fingerprint density at radius 2 is 2.32 bits per heavy atom. The second-order valence-electron chi connectivity index (χ2n) is 4.24. The Balaban J connectivity index is 2.08. The second kappa shape index (κ2) is 5.60. The molecule has 1 aromatic rings. The van der Waals surface area contributed by atoms with Crippen LogP contribution in [0.1, 0.15) is 12.8 Å². The van der Waals surface area contributed by atoms with Gasteiger partial charge in [-0.3, -0.25) is 9.59 Å². The van der Waals surface area contributed by atoms with Gasteiger partial charge in [0.05, 0.1) is 12.8 Å². The van der Waals surface area contributed by atoms with Gasteiger partial charge < -0.3 is 20.1 Å². The SMILES string of the molecule is COC(=O)CCCN1C(=O)COc2cc(N)ccc21. The van der Waals surface area contributed by atoms with E-state index in [1.165, 1.54) is 7.11 Å². The first-order chi connectivity index (χ1) is 9.11. The number of esters is 1. The molecule has 6 nitrogen and oxygen atoms in total. The van der Waals surface area contributed by atoms with Crippen molar-refractivity contribution >= 4 is 23.3 Å². The maximum atomic E-state index is 11.8. The summed E-state index contributed by atoms with van der Waals surface area (Å²) in [6.07, 6.45) is 0.827. The molecule has 0 unspecified atom stereocenters. The average molecular weight is 264 g/mol. The molecule has 0 aromatic heterocycles. The molecule has 0 saturated heterocycles. The van der Waals surface area contributed by atoms with Gasteiger partial charge in [-0.1, -0.05) is 0 Å². The van der Waals surface area contributed by atoms with Crippen LogP contribution in [-0.4, -0.2) is 32.1 Å². The molecule has 6 heteroatoms. The molecule has 1 aliphatic heterocycles. The molecular formula is C13H16N2O4. The summed E-state index contributed by atoms with van der Waals surface area (Å²) in [4.78, 5) is 24.5. The highest BCUT2D eigenvalue weighted by atomic mass is 16.5. The van der Waals surface area contributed by atoms with E-state index in [1.807, 2.05) is 0 Å². The van der Waals surface area contributed by atoms with E-state index < -0.39 is 0 Å². The van der Waals surface area contributed by atoms with E-state index in [1.54, 1.807) is 23.1 Å². The Labute approximate surface area is 111 Å². The number of fused-ring (bicyclic) bond motifs is 1. The van der Waals surface area contributed by atoms with Crippen molar-refractivity contribution in [2.45, 2.75) is 12.8 Å². The van der Waals surface area contributed by atoms with Crippen molar-refractivity contribution < 1.29 is 19.1 Å². The van der Waals surface area contributed by atoms with Crippen LogP contribution in [0.4, 0.5) is 11.4 Å². The second-order valence-corrected chi connectivity index (χ2v) is 4.24. The highest BCUT2D eigenvalue weighted by molar-refractivity contribution is 5.98. The first-order valence-electron chi connectivity index (χ1n) is 6.01. The molecule has 1 amide bonds. The van der Waals surface area contributed by atoms with Gasteiger partial charge in [0.15, 0.2) is 6.61 Å². The number of nitrogen functional groups attached to an aromatic ring is 1. The van der Waals surface area contributed by atoms with Crippen LogP contribution in [0.5, 0.6) is 5.75 Å². The maximum absolute atomic E-state index is 11.8. The summed E-state index contributed by atoms with van der Waals surface area (Å²) in [5, 5.41) is 0. The number of nitrogens with zero attached hydrogens (tertiary/aromatic N) is 1. The van der Waals surface area contributed by atoms with E-state index in [4.69, 9.17) is 10.5 Å². The van der Waals surface area contributed by atoms with Crippen molar-refractivity contribution in [1.29, 1.82) is 0 Å². The van der Waals surface area contributed by atoms with Gasteiger partial charge >= 0.3 is 5.97 Å². The number of carbonyl (C=O) groups is 2. The number of carbonyl (C=O) groups excluding carboxylic acids is 2. The predicted molar refractivity (Wildman–Crippen MR) is 70.0 cm³/mol. The largest absolute Gasteiger partial charge is 0.481 e. The van der Waals surface area contributed by atoms with Crippen LogP contribution in [0.25, 0.3) is 0 Å². The van der Waals surface area contributed by atoms with Crippen molar-refractivity contribution in [2.24, 2.45) is 0 Å². The van der Waals surface area contributed by atoms with Crippen molar-refractivity contribution in [2.75, 3.05) is 30.9 Å². The molecule has 19 heavy (non-hydrogen) atoms. The molecule has 1 heterocycles. The summed E-state index contributed by atoms with van der Waals surface area (Å²) in [7, 11) is 1.35. The van der Waals surface area contributed by atoms with Crippen molar-refractivity contribution in [3.8, 4) is 5.75 Å². The molecule has 0 bridgehead atoms. The molecule has 0 saturated carbocycles. The van der Waals surface area contributed by atoms with E-state index in [-0.39, 0.29) is 24.9 Å². The number of nitrogens with two attached hydrogens (primary N) is 1. The zero-order valence-corrected chi connectivity index (χ0v) is 10.7. The molecule has 1 aliphatic rings. The first kappa shape index (κ1) is 13.2. The molecule has 0 fully saturated rings. The highest BCUT2D eigenvalue weighted by Crippen LogP contribution is 2.33. The van der Waals surface area contributed by atoms with Crippen LogP contribution >= 0.6 is 0 Å². The topological polar surface area (TPSA) is 81.9 Å². The van der Waals surface area contributed by atoms with Crippen LogP contribution in [0.2, 0.25) is 0 Å². The Hall–Kier alpha value is -2.24. The Kier molecular flexibility index (Phi) is 3.89. The van der Waals surface area contributed by atoms with E-state index in [0.717, 1.165) is 0 Å². The highest BCUT2D eigenvalue weighted by Gasteiger charge is 2.25. The number of ether oxygens (including phenoxy) is 2. The lowest BCUT2D eigenvalue weighted by Crippen LogP contribution is -2.39. The zero-order valence-electron chi connectivity index (χ0n) is 10.7. The van der Waals surface area contributed by atoms with Crippen molar-refractivity contribution in [3.63, 3.8) is 0 Å². The first-order valence-corrected chi connectivity index (χ1v) is 6.01. The van der Waals surface area contributed by atoms with E-state index in [0.29, 0.717) is 30.1 Å². The molecule has 0 spiro atoms. The number of amides is 1. The van der Waals surface area contributed by atoms with Crippen molar-refractivity contribution in [3.05, 3.63) is 18.2 Å². The lowest BCUT2D eigenvalue weighted by molar-refractivity contribution is -0.140. The Bertz CT molecular complexity index is 501. The van der Waals surface area contributed by atoms with E-state index in [2.05, 4.69) is 4.74 Å². The summed E-state index contributed by atoms with van der Waals surface area (Å²) in [5.74, 6) is 0.193. The smallest absolute Gasteiger partial charge is 0.305 e. The number of benzene rings is 1. The minimum atomic E-state index is -0.279. The molecule has 1 aromatic carbocycles. The van der Waals surface area contributed by atoms with Gasteiger partial charge in [0, 0.05) is 24.7 Å². The fourth-order valence-corrected chi connectivity index (χ4v) is 1.95. The predicted octanol–water partition coefficient (Wildman–Crippen LogP) is 0.947. The van der Waals surface area contributed by atoms with Crippen LogP contribution in [-0.2, 0) is 14.3 Å². The van der Waals surface area contributed by atoms with E-state index >= 15 is 0 Å². The number of anilines is 2. The lowest BCUT2D eigenvalue weighted by Gasteiger charge is -2.29. The third-order valence-corrected chi connectivity index (χ3v) is 2.92. The fourth-order valence-electron chi connectivity index (χ4n) is 1.95. The summed E-state index contributed by atoms with van der Waals surface area (Å²) >= 11 is 0. The average Bonchev–Trinajstić information content (AvgIpc) is 2.41. The fraction of sp³-hybridized carbons (Fsp3) is 0.385.